The van der Waals surface area contributed by atoms with Gasteiger partial charge in [0, 0.05) is 0 Å². The summed E-state index contributed by atoms with van der Waals surface area (Å²) in [5.41, 5.74) is 7.58. The lowest BCUT2D eigenvalue weighted by Crippen LogP contribution is -2.29. The average Bonchev–Trinajstić information content (AvgIpc) is 2.87. The lowest BCUT2D eigenvalue weighted by molar-refractivity contribution is 0.305. The molecule has 1 saturated carbocycles. The predicted molar refractivity (Wildman–Crippen MR) is 73.2 cm³/mol. The van der Waals surface area contributed by atoms with Crippen LogP contribution in [0, 0.1) is 5.41 Å². The van der Waals surface area contributed by atoms with E-state index in [9.17, 15) is 0 Å². The molecule has 1 aliphatic carbocycles. The second kappa shape index (κ2) is 5.61. The summed E-state index contributed by atoms with van der Waals surface area (Å²) in [4.78, 5) is 0. The van der Waals surface area contributed by atoms with Crippen LogP contribution in [0.3, 0.4) is 0 Å². The van der Waals surface area contributed by atoms with Gasteiger partial charge in [-0.25, -0.2) is 0 Å². The molecule has 1 aliphatic rings. The molecule has 0 aromatic heterocycles. The second-order valence-corrected chi connectivity index (χ2v) is 5.28. The van der Waals surface area contributed by atoms with Gasteiger partial charge < -0.3 is 15.2 Å². The molecule has 18 heavy (non-hydrogen) atoms. The van der Waals surface area contributed by atoms with E-state index in [4.69, 9.17) is 15.2 Å². The summed E-state index contributed by atoms with van der Waals surface area (Å²) in [6.07, 6.45) is 6.16. The number of hydrogen-bond acceptors (Lipinski definition) is 3. The quantitative estimate of drug-likeness (QED) is 0.872. The summed E-state index contributed by atoms with van der Waals surface area (Å²) >= 11 is 0. The van der Waals surface area contributed by atoms with Crippen molar-refractivity contribution < 1.29 is 9.47 Å². The highest BCUT2D eigenvalue weighted by atomic mass is 16.5. The molecule has 2 rings (SSSR count). The van der Waals surface area contributed by atoms with Crippen LogP contribution in [0.15, 0.2) is 18.2 Å². The minimum Gasteiger partial charge on any atom is -0.493 e. The maximum absolute atomic E-state index is 5.99. The van der Waals surface area contributed by atoms with Crippen LogP contribution in [0.4, 0.5) is 0 Å². The van der Waals surface area contributed by atoms with Crippen molar-refractivity contribution in [2.75, 3.05) is 20.8 Å². The van der Waals surface area contributed by atoms with Crippen molar-refractivity contribution in [1.82, 2.24) is 0 Å². The topological polar surface area (TPSA) is 44.5 Å². The highest BCUT2D eigenvalue weighted by Gasteiger charge is 2.32. The first-order chi connectivity index (χ1) is 8.73. The fourth-order valence-corrected chi connectivity index (χ4v) is 3.00. The van der Waals surface area contributed by atoms with Gasteiger partial charge in [-0.1, -0.05) is 18.9 Å². The van der Waals surface area contributed by atoms with E-state index in [-0.39, 0.29) is 0 Å². The van der Waals surface area contributed by atoms with Crippen LogP contribution in [-0.4, -0.2) is 20.8 Å². The molecule has 0 bridgehead atoms. The van der Waals surface area contributed by atoms with Gasteiger partial charge >= 0.3 is 0 Å². The van der Waals surface area contributed by atoms with Crippen molar-refractivity contribution in [3.63, 3.8) is 0 Å². The summed E-state index contributed by atoms with van der Waals surface area (Å²) in [6.45, 7) is 0.779. The maximum atomic E-state index is 5.99. The summed E-state index contributed by atoms with van der Waals surface area (Å²) in [5, 5.41) is 0. The maximum Gasteiger partial charge on any atom is 0.160 e. The highest BCUT2D eigenvalue weighted by Crippen LogP contribution is 2.41. The second-order valence-electron chi connectivity index (χ2n) is 5.28. The van der Waals surface area contributed by atoms with Gasteiger partial charge in [-0.3, -0.25) is 0 Å². The minimum absolute atomic E-state index is 0.305. The Bertz CT molecular complexity index is 397. The average molecular weight is 249 g/mol. The predicted octanol–water partition coefficient (Wildman–Crippen LogP) is 2.77. The number of hydrogen-bond donors (Lipinski definition) is 1. The zero-order chi connectivity index (χ0) is 13.0. The van der Waals surface area contributed by atoms with Crippen molar-refractivity contribution in [2.45, 2.75) is 32.1 Å². The molecule has 1 fully saturated rings. The van der Waals surface area contributed by atoms with Crippen LogP contribution in [0.5, 0.6) is 11.5 Å². The zero-order valence-electron chi connectivity index (χ0n) is 11.4. The van der Waals surface area contributed by atoms with Crippen LogP contribution in [-0.2, 0) is 6.42 Å². The molecule has 3 nitrogen and oxygen atoms in total. The molecule has 0 amide bonds. The molecule has 0 heterocycles. The Morgan fingerprint density at radius 3 is 2.33 bits per heavy atom. The standard InChI is InChI=1S/C15H23NO2/c1-17-13-6-5-12(9-14(13)18-2)10-15(11-16)7-3-4-8-15/h5-6,9H,3-4,7-8,10-11,16H2,1-2H3. The van der Waals surface area contributed by atoms with E-state index in [1.165, 1.54) is 31.2 Å². The Balaban J connectivity index is 2.18. The molecule has 1 aromatic rings. The number of benzene rings is 1. The van der Waals surface area contributed by atoms with Gasteiger partial charge in [0.15, 0.2) is 11.5 Å². The van der Waals surface area contributed by atoms with Crippen molar-refractivity contribution >= 4 is 0 Å². The van der Waals surface area contributed by atoms with E-state index < -0.39 is 0 Å². The Labute approximate surface area is 109 Å². The molecule has 0 radical (unpaired) electrons. The summed E-state index contributed by atoms with van der Waals surface area (Å²) in [5.74, 6) is 1.59. The third kappa shape index (κ3) is 2.61. The summed E-state index contributed by atoms with van der Waals surface area (Å²) in [6, 6.07) is 6.18. The van der Waals surface area contributed by atoms with Gasteiger partial charge in [-0.2, -0.15) is 0 Å². The molecular weight excluding hydrogens is 226 g/mol. The van der Waals surface area contributed by atoms with Crippen molar-refractivity contribution in [2.24, 2.45) is 11.1 Å². The molecule has 100 valence electrons. The molecule has 3 heteroatoms. The van der Waals surface area contributed by atoms with Crippen molar-refractivity contribution in [1.29, 1.82) is 0 Å². The van der Waals surface area contributed by atoms with Gasteiger partial charge in [0.25, 0.3) is 0 Å². The van der Waals surface area contributed by atoms with E-state index in [1.54, 1.807) is 14.2 Å². The molecular formula is C15H23NO2. The Kier molecular flexibility index (Phi) is 4.12. The van der Waals surface area contributed by atoms with E-state index in [1.807, 2.05) is 6.07 Å². The van der Waals surface area contributed by atoms with Crippen molar-refractivity contribution in [3.8, 4) is 11.5 Å². The first-order valence-corrected chi connectivity index (χ1v) is 6.64. The van der Waals surface area contributed by atoms with Gasteiger partial charge in [0.1, 0.15) is 0 Å². The largest absolute Gasteiger partial charge is 0.493 e. The highest BCUT2D eigenvalue weighted by molar-refractivity contribution is 5.43. The van der Waals surface area contributed by atoms with Crippen LogP contribution in [0.1, 0.15) is 31.2 Å². The van der Waals surface area contributed by atoms with E-state index in [0.717, 1.165) is 24.5 Å². The Morgan fingerprint density at radius 2 is 1.78 bits per heavy atom. The van der Waals surface area contributed by atoms with Gasteiger partial charge in [-0.15, -0.1) is 0 Å². The molecule has 0 spiro atoms. The lowest BCUT2D eigenvalue weighted by atomic mass is 9.80. The van der Waals surface area contributed by atoms with E-state index >= 15 is 0 Å². The molecule has 0 aliphatic heterocycles. The SMILES string of the molecule is COc1ccc(CC2(CN)CCCC2)cc1OC. The fourth-order valence-electron chi connectivity index (χ4n) is 3.00. The Hall–Kier alpha value is -1.22. The molecule has 0 saturated heterocycles. The van der Waals surface area contributed by atoms with Crippen LogP contribution < -0.4 is 15.2 Å². The molecule has 0 atom stereocenters. The fraction of sp³-hybridized carbons (Fsp3) is 0.600. The monoisotopic (exact) mass is 249 g/mol. The number of rotatable bonds is 5. The third-order valence-electron chi connectivity index (χ3n) is 4.12. The lowest BCUT2D eigenvalue weighted by Gasteiger charge is -2.27. The number of nitrogens with two attached hydrogens (primary N) is 1. The van der Waals surface area contributed by atoms with Crippen molar-refractivity contribution in [3.05, 3.63) is 23.8 Å². The summed E-state index contributed by atoms with van der Waals surface area (Å²) < 4.78 is 10.6. The zero-order valence-corrected chi connectivity index (χ0v) is 11.4. The van der Waals surface area contributed by atoms with Crippen LogP contribution in [0.25, 0.3) is 0 Å². The van der Waals surface area contributed by atoms with Gasteiger partial charge in [0.05, 0.1) is 14.2 Å². The molecule has 2 N–H and O–H groups in total. The van der Waals surface area contributed by atoms with E-state index in [2.05, 4.69) is 12.1 Å². The number of ether oxygens (including phenoxy) is 2. The van der Waals surface area contributed by atoms with Crippen LogP contribution in [0.2, 0.25) is 0 Å². The third-order valence-corrected chi connectivity index (χ3v) is 4.12. The first-order valence-electron chi connectivity index (χ1n) is 6.64. The molecule has 1 aromatic carbocycles. The van der Waals surface area contributed by atoms with Gasteiger partial charge in [0.2, 0.25) is 0 Å². The first kappa shape index (κ1) is 13.2. The smallest absolute Gasteiger partial charge is 0.160 e. The number of methoxy groups -OCH3 is 2. The van der Waals surface area contributed by atoms with E-state index in [0.29, 0.717) is 5.41 Å². The summed E-state index contributed by atoms with van der Waals surface area (Å²) in [7, 11) is 3.34. The molecule has 0 unspecified atom stereocenters. The minimum atomic E-state index is 0.305. The van der Waals surface area contributed by atoms with Gasteiger partial charge in [-0.05, 0) is 48.9 Å². The Morgan fingerprint density at radius 1 is 1.11 bits per heavy atom. The van der Waals surface area contributed by atoms with Crippen LogP contribution >= 0.6 is 0 Å². The normalized spacial score (nSPS) is 17.7.